The normalized spacial score (nSPS) is 28.0. The van der Waals surface area contributed by atoms with Crippen molar-refractivity contribution in [3.05, 3.63) is 0 Å². The molecular formula is C18H34FNO3. The average molecular weight is 331 g/mol. The van der Waals surface area contributed by atoms with Gasteiger partial charge in [0.05, 0.1) is 5.60 Å². The van der Waals surface area contributed by atoms with Crippen molar-refractivity contribution in [1.29, 1.82) is 0 Å². The van der Waals surface area contributed by atoms with Crippen molar-refractivity contribution >= 4 is 6.09 Å². The molecule has 2 N–H and O–H groups in total. The number of nitrogens with one attached hydrogen (secondary N) is 1. The molecule has 0 aromatic carbocycles. The maximum Gasteiger partial charge on any atom is 0.407 e. The number of hydrogen-bond acceptors (Lipinski definition) is 3. The maximum atomic E-state index is 14.9. The number of unbranched alkanes of at least 4 members (excludes halogenated alkanes) is 2. The van der Waals surface area contributed by atoms with E-state index in [2.05, 4.69) is 12.2 Å². The van der Waals surface area contributed by atoms with Crippen molar-refractivity contribution in [3.63, 3.8) is 0 Å². The van der Waals surface area contributed by atoms with E-state index in [9.17, 15) is 14.3 Å². The third-order valence-electron chi connectivity index (χ3n) is 4.75. The number of carbonyl (C=O) groups excluding carboxylic acids is 1. The lowest BCUT2D eigenvalue weighted by Crippen LogP contribution is -2.54. The first-order valence-electron chi connectivity index (χ1n) is 8.90. The van der Waals surface area contributed by atoms with Crippen LogP contribution in [0, 0.1) is 0 Å². The Bertz CT molecular complexity index is 382. The van der Waals surface area contributed by atoms with E-state index in [0.717, 1.165) is 19.3 Å². The fourth-order valence-corrected chi connectivity index (χ4v) is 3.17. The molecule has 5 heteroatoms. The number of rotatable bonds is 6. The SMILES string of the molecule is CCCCCC(C)(F)C1(O)CCC(NC(=O)OC(C)(C)C)CC1. The molecule has 1 atom stereocenters. The Balaban J connectivity index is 2.48. The van der Waals surface area contributed by atoms with Crippen molar-refractivity contribution in [2.75, 3.05) is 0 Å². The fraction of sp³-hybridized carbons (Fsp3) is 0.944. The molecule has 0 aromatic rings. The van der Waals surface area contributed by atoms with Crippen molar-refractivity contribution in [2.45, 2.75) is 109 Å². The van der Waals surface area contributed by atoms with E-state index in [4.69, 9.17) is 4.74 Å². The summed E-state index contributed by atoms with van der Waals surface area (Å²) in [5.74, 6) is 0. The van der Waals surface area contributed by atoms with Gasteiger partial charge in [-0.1, -0.05) is 26.2 Å². The van der Waals surface area contributed by atoms with Gasteiger partial charge in [-0.25, -0.2) is 9.18 Å². The molecule has 1 aliphatic carbocycles. The lowest BCUT2D eigenvalue weighted by atomic mass is 9.71. The second-order valence-electron chi connectivity index (χ2n) is 8.11. The maximum absolute atomic E-state index is 14.9. The number of alkyl carbamates (subject to hydrolysis) is 1. The third kappa shape index (κ3) is 6.28. The molecular weight excluding hydrogens is 297 g/mol. The molecule has 4 nitrogen and oxygen atoms in total. The van der Waals surface area contributed by atoms with Crippen LogP contribution < -0.4 is 5.32 Å². The first-order chi connectivity index (χ1) is 10.5. The minimum atomic E-state index is -1.57. The van der Waals surface area contributed by atoms with E-state index in [1.807, 2.05) is 20.8 Å². The topological polar surface area (TPSA) is 58.6 Å². The zero-order valence-corrected chi connectivity index (χ0v) is 15.4. The van der Waals surface area contributed by atoms with Crippen LogP contribution in [-0.4, -0.2) is 34.1 Å². The Kier molecular flexibility index (Phi) is 6.87. The van der Waals surface area contributed by atoms with Crippen molar-refractivity contribution in [1.82, 2.24) is 5.32 Å². The van der Waals surface area contributed by atoms with Gasteiger partial charge in [0.25, 0.3) is 0 Å². The summed E-state index contributed by atoms with van der Waals surface area (Å²) < 4.78 is 20.2. The summed E-state index contributed by atoms with van der Waals surface area (Å²) in [6.45, 7) is 9.05. The van der Waals surface area contributed by atoms with Crippen LogP contribution in [0.15, 0.2) is 0 Å². The highest BCUT2D eigenvalue weighted by molar-refractivity contribution is 5.68. The summed E-state index contributed by atoms with van der Waals surface area (Å²) in [4.78, 5) is 11.8. The van der Waals surface area contributed by atoms with Crippen LogP contribution in [0.25, 0.3) is 0 Å². The van der Waals surface area contributed by atoms with Gasteiger partial charge in [-0.05, 0) is 59.8 Å². The highest BCUT2D eigenvalue weighted by Gasteiger charge is 2.49. The minimum absolute atomic E-state index is 0.0587. The van der Waals surface area contributed by atoms with Gasteiger partial charge in [0, 0.05) is 6.04 Å². The Morgan fingerprint density at radius 3 is 2.30 bits per heavy atom. The predicted octanol–water partition coefficient (Wildman–Crippen LogP) is 4.49. The quantitative estimate of drug-likeness (QED) is 0.705. The average Bonchev–Trinajstić information content (AvgIpc) is 2.39. The van der Waals surface area contributed by atoms with E-state index in [-0.39, 0.29) is 6.04 Å². The molecule has 1 amide bonds. The molecule has 1 rings (SSSR count). The van der Waals surface area contributed by atoms with Crippen molar-refractivity contribution in [3.8, 4) is 0 Å². The molecule has 0 saturated heterocycles. The van der Waals surface area contributed by atoms with E-state index in [1.165, 1.54) is 6.92 Å². The summed E-state index contributed by atoms with van der Waals surface area (Å²) in [7, 11) is 0. The Morgan fingerprint density at radius 1 is 1.26 bits per heavy atom. The van der Waals surface area contributed by atoms with E-state index in [0.29, 0.717) is 32.1 Å². The lowest BCUT2D eigenvalue weighted by Gasteiger charge is -2.44. The minimum Gasteiger partial charge on any atom is -0.444 e. The van der Waals surface area contributed by atoms with E-state index in [1.54, 1.807) is 0 Å². The van der Waals surface area contributed by atoms with Gasteiger partial charge in [-0.3, -0.25) is 0 Å². The predicted molar refractivity (Wildman–Crippen MR) is 90.2 cm³/mol. The zero-order chi connectivity index (χ0) is 17.7. The van der Waals surface area contributed by atoms with E-state index >= 15 is 0 Å². The summed E-state index contributed by atoms with van der Waals surface area (Å²) in [6, 6.07) is -0.0587. The largest absolute Gasteiger partial charge is 0.444 e. The standard InChI is InChI=1S/C18H34FNO3/c1-6-7-8-11-17(5,19)18(22)12-9-14(10-13-18)20-15(21)23-16(2,3)4/h14,22H,6-13H2,1-5H3,(H,20,21). The molecule has 0 heterocycles. The molecule has 1 saturated carbocycles. The van der Waals surface area contributed by atoms with Crippen LogP contribution in [0.1, 0.15) is 86.0 Å². The van der Waals surface area contributed by atoms with Crippen LogP contribution in [0.3, 0.4) is 0 Å². The molecule has 1 fully saturated rings. The van der Waals surface area contributed by atoms with Gasteiger partial charge in [0.1, 0.15) is 11.3 Å². The second kappa shape index (κ2) is 7.82. The van der Waals surface area contributed by atoms with Gasteiger partial charge < -0.3 is 15.2 Å². The van der Waals surface area contributed by atoms with Crippen LogP contribution in [0.2, 0.25) is 0 Å². The van der Waals surface area contributed by atoms with Gasteiger partial charge in [0.15, 0.2) is 0 Å². The molecule has 0 radical (unpaired) electrons. The fourth-order valence-electron chi connectivity index (χ4n) is 3.17. The van der Waals surface area contributed by atoms with Gasteiger partial charge >= 0.3 is 6.09 Å². The highest BCUT2D eigenvalue weighted by Crippen LogP contribution is 2.42. The van der Waals surface area contributed by atoms with Gasteiger partial charge in [0.2, 0.25) is 0 Å². The number of ether oxygens (including phenoxy) is 1. The number of alkyl halides is 1. The molecule has 1 unspecified atom stereocenters. The second-order valence-corrected chi connectivity index (χ2v) is 8.11. The molecule has 0 aliphatic heterocycles. The molecule has 23 heavy (non-hydrogen) atoms. The molecule has 0 bridgehead atoms. The molecule has 136 valence electrons. The van der Waals surface area contributed by atoms with Crippen LogP contribution >= 0.6 is 0 Å². The number of halogens is 1. The molecule has 0 aromatic heterocycles. The number of carbonyl (C=O) groups is 1. The Hall–Kier alpha value is -0.840. The first-order valence-corrected chi connectivity index (χ1v) is 8.90. The number of aliphatic hydroxyl groups is 1. The number of amides is 1. The summed E-state index contributed by atoms with van der Waals surface area (Å²) in [5, 5.41) is 13.5. The molecule has 0 spiro atoms. The van der Waals surface area contributed by atoms with Gasteiger partial charge in [-0.15, -0.1) is 0 Å². The first kappa shape index (κ1) is 20.2. The summed E-state index contributed by atoms with van der Waals surface area (Å²) in [6.07, 6.45) is 4.64. The Labute approximate surface area is 140 Å². The van der Waals surface area contributed by atoms with Crippen LogP contribution in [0.5, 0.6) is 0 Å². The highest BCUT2D eigenvalue weighted by atomic mass is 19.1. The smallest absolute Gasteiger partial charge is 0.407 e. The van der Waals surface area contributed by atoms with Gasteiger partial charge in [-0.2, -0.15) is 0 Å². The zero-order valence-electron chi connectivity index (χ0n) is 15.4. The van der Waals surface area contributed by atoms with E-state index < -0.39 is 23.0 Å². The van der Waals surface area contributed by atoms with Crippen LogP contribution in [0.4, 0.5) is 9.18 Å². The molecule has 1 aliphatic rings. The van der Waals surface area contributed by atoms with Crippen molar-refractivity contribution in [2.24, 2.45) is 0 Å². The third-order valence-corrected chi connectivity index (χ3v) is 4.75. The van der Waals surface area contributed by atoms with Crippen molar-refractivity contribution < 1.29 is 19.0 Å². The summed E-state index contributed by atoms with van der Waals surface area (Å²) in [5.41, 5.74) is -3.39. The Morgan fingerprint density at radius 2 is 1.83 bits per heavy atom. The monoisotopic (exact) mass is 331 g/mol. The van der Waals surface area contributed by atoms with Crippen LogP contribution in [-0.2, 0) is 4.74 Å². The lowest BCUT2D eigenvalue weighted by molar-refractivity contribution is -0.124. The number of hydrogen-bond donors (Lipinski definition) is 2. The summed E-state index contributed by atoms with van der Waals surface area (Å²) >= 11 is 0.